The van der Waals surface area contributed by atoms with Crippen LogP contribution in [0.5, 0.6) is 0 Å². The van der Waals surface area contributed by atoms with Crippen LogP contribution in [-0.4, -0.2) is 23.1 Å². The highest BCUT2D eigenvalue weighted by Gasteiger charge is 2.20. The summed E-state index contributed by atoms with van der Waals surface area (Å²) in [5.41, 5.74) is 0. The fraction of sp³-hybridized carbons (Fsp3) is 0.636. The number of aromatic nitrogens is 2. The van der Waals surface area contributed by atoms with Crippen molar-refractivity contribution in [2.75, 3.05) is 23.7 Å². The van der Waals surface area contributed by atoms with Gasteiger partial charge in [-0.15, -0.1) is 0 Å². The quantitative estimate of drug-likeness (QED) is 0.774. The summed E-state index contributed by atoms with van der Waals surface area (Å²) in [5.74, 6) is 3.52. The lowest BCUT2D eigenvalue weighted by Gasteiger charge is -2.08. The van der Waals surface area contributed by atoms with E-state index in [4.69, 9.17) is 0 Å². The minimum absolute atomic E-state index is 0.812. The van der Waals surface area contributed by atoms with Crippen molar-refractivity contribution in [2.45, 2.75) is 26.7 Å². The molecule has 0 spiro atoms. The highest BCUT2D eigenvalue weighted by Crippen LogP contribution is 2.28. The van der Waals surface area contributed by atoms with E-state index in [9.17, 15) is 0 Å². The smallest absolute Gasteiger partial charge is 0.131 e. The predicted octanol–water partition coefficient (Wildman–Crippen LogP) is 2.04. The molecule has 0 aliphatic heterocycles. The molecule has 4 nitrogen and oxygen atoms in total. The maximum atomic E-state index is 4.35. The molecule has 0 atom stereocenters. The first-order valence-electron chi connectivity index (χ1n) is 5.61. The van der Waals surface area contributed by atoms with Crippen molar-refractivity contribution in [3.8, 4) is 0 Å². The monoisotopic (exact) mass is 206 g/mol. The minimum Gasteiger partial charge on any atom is -0.370 e. The number of anilines is 2. The zero-order valence-electron chi connectivity index (χ0n) is 9.38. The molecule has 0 aromatic carbocycles. The van der Waals surface area contributed by atoms with Crippen LogP contribution in [0.15, 0.2) is 6.07 Å². The van der Waals surface area contributed by atoms with Gasteiger partial charge in [0, 0.05) is 19.2 Å². The Bertz CT molecular complexity index is 333. The molecular weight excluding hydrogens is 188 g/mol. The van der Waals surface area contributed by atoms with Gasteiger partial charge in [0.2, 0.25) is 0 Å². The molecular formula is C11H18N4. The first-order valence-corrected chi connectivity index (χ1v) is 5.61. The SMILES string of the molecule is CCNc1cc(NCC2CC2)nc(C)n1. The van der Waals surface area contributed by atoms with E-state index in [1.807, 2.05) is 13.0 Å². The van der Waals surface area contributed by atoms with Gasteiger partial charge >= 0.3 is 0 Å². The molecule has 1 aliphatic carbocycles. The van der Waals surface area contributed by atoms with Crippen LogP contribution in [0.2, 0.25) is 0 Å². The zero-order valence-corrected chi connectivity index (χ0v) is 9.38. The van der Waals surface area contributed by atoms with Crippen LogP contribution in [-0.2, 0) is 0 Å². The van der Waals surface area contributed by atoms with E-state index < -0.39 is 0 Å². The van der Waals surface area contributed by atoms with Crippen molar-refractivity contribution in [1.82, 2.24) is 9.97 Å². The molecule has 2 rings (SSSR count). The standard InChI is InChI=1S/C11H18N4/c1-3-12-10-6-11(15-8(2)14-10)13-7-9-4-5-9/h6,9H,3-5,7H2,1-2H3,(H2,12,13,14,15). The molecule has 0 radical (unpaired) electrons. The van der Waals surface area contributed by atoms with E-state index in [2.05, 4.69) is 27.5 Å². The maximum absolute atomic E-state index is 4.35. The molecule has 4 heteroatoms. The lowest BCUT2D eigenvalue weighted by molar-refractivity contribution is 0.877. The molecule has 0 saturated heterocycles. The fourth-order valence-electron chi connectivity index (χ4n) is 1.50. The van der Waals surface area contributed by atoms with Gasteiger partial charge in [0.15, 0.2) is 0 Å². The molecule has 1 saturated carbocycles. The molecule has 0 bridgehead atoms. The van der Waals surface area contributed by atoms with Gasteiger partial charge in [-0.3, -0.25) is 0 Å². The Balaban J connectivity index is 2.00. The largest absolute Gasteiger partial charge is 0.370 e. The molecule has 1 heterocycles. The summed E-state index contributed by atoms with van der Waals surface area (Å²) in [4.78, 5) is 8.66. The summed E-state index contributed by atoms with van der Waals surface area (Å²) >= 11 is 0. The van der Waals surface area contributed by atoms with Crippen LogP contribution in [0.25, 0.3) is 0 Å². The number of nitrogens with zero attached hydrogens (tertiary/aromatic N) is 2. The molecule has 0 amide bonds. The van der Waals surface area contributed by atoms with Crippen molar-refractivity contribution >= 4 is 11.6 Å². The number of hydrogen-bond donors (Lipinski definition) is 2. The topological polar surface area (TPSA) is 49.8 Å². The molecule has 15 heavy (non-hydrogen) atoms. The van der Waals surface area contributed by atoms with Crippen LogP contribution in [0, 0.1) is 12.8 Å². The summed E-state index contributed by atoms with van der Waals surface area (Å²) in [5, 5.41) is 6.56. The van der Waals surface area contributed by atoms with E-state index in [1.165, 1.54) is 12.8 Å². The maximum Gasteiger partial charge on any atom is 0.131 e. The van der Waals surface area contributed by atoms with Crippen molar-refractivity contribution < 1.29 is 0 Å². The van der Waals surface area contributed by atoms with Crippen molar-refractivity contribution in [2.24, 2.45) is 5.92 Å². The average Bonchev–Trinajstić information content (AvgIpc) is 2.98. The van der Waals surface area contributed by atoms with Crippen molar-refractivity contribution in [3.63, 3.8) is 0 Å². The molecule has 1 aliphatic rings. The second kappa shape index (κ2) is 4.47. The van der Waals surface area contributed by atoms with E-state index in [0.717, 1.165) is 36.5 Å². The van der Waals surface area contributed by atoms with Crippen LogP contribution >= 0.6 is 0 Å². The van der Waals surface area contributed by atoms with Gasteiger partial charge in [-0.05, 0) is 32.6 Å². The van der Waals surface area contributed by atoms with Crippen LogP contribution in [0.1, 0.15) is 25.6 Å². The number of nitrogens with one attached hydrogen (secondary N) is 2. The molecule has 82 valence electrons. The third kappa shape index (κ3) is 3.08. The van der Waals surface area contributed by atoms with Gasteiger partial charge in [-0.1, -0.05) is 0 Å². The lowest BCUT2D eigenvalue weighted by atomic mass is 10.4. The number of aryl methyl sites for hydroxylation is 1. The zero-order chi connectivity index (χ0) is 10.7. The number of hydrogen-bond acceptors (Lipinski definition) is 4. The Labute approximate surface area is 90.5 Å². The Morgan fingerprint density at radius 3 is 2.53 bits per heavy atom. The van der Waals surface area contributed by atoms with E-state index in [1.54, 1.807) is 0 Å². The number of rotatable bonds is 5. The van der Waals surface area contributed by atoms with Gasteiger partial charge in [-0.2, -0.15) is 0 Å². The van der Waals surface area contributed by atoms with Crippen LogP contribution < -0.4 is 10.6 Å². The summed E-state index contributed by atoms with van der Waals surface area (Å²) in [6.45, 7) is 5.92. The minimum atomic E-state index is 0.812. The molecule has 1 aromatic heterocycles. The van der Waals surface area contributed by atoms with Gasteiger partial charge < -0.3 is 10.6 Å². The van der Waals surface area contributed by atoms with Gasteiger partial charge in [0.05, 0.1) is 0 Å². The van der Waals surface area contributed by atoms with Crippen LogP contribution in [0.4, 0.5) is 11.6 Å². The normalized spacial score (nSPS) is 15.1. The first kappa shape index (κ1) is 10.2. The highest BCUT2D eigenvalue weighted by molar-refractivity contribution is 5.47. The van der Waals surface area contributed by atoms with Gasteiger partial charge in [-0.25, -0.2) is 9.97 Å². The third-order valence-electron chi connectivity index (χ3n) is 2.46. The Morgan fingerprint density at radius 1 is 1.27 bits per heavy atom. The van der Waals surface area contributed by atoms with Gasteiger partial charge in [0.25, 0.3) is 0 Å². The highest BCUT2D eigenvalue weighted by atomic mass is 15.1. The van der Waals surface area contributed by atoms with Gasteiger partial charge in [0.1, 0.15) is 17.5 Å². The summed E-state index contributed by atoms with van der Waals surface area (Å²) in [7, 11) is 0. The average molecular weight is 206 g/mol. The van der Waals surface area contributed by atoms with Crippen LogP contribution in [0.3, 0.4) is 0 Å². The first-order chi connectivity index (χ1) is 7.28. The van der Waals surface area contributed by atoms with E-state index >= 15 is 0 Å². The molecule has 1 fully saturated rings. The predicted molar refractivity (Wildman–Crippen MR) is 62.1 cm³/mol. The van der Waals surface area contributed by atoms with Crippen molar-refractivity contribution in [1.29, 1.82) is 0 Å². The van der Waals surface area contributed by atoms with E-state index in [-0.39, 0.29) is 0 Å². The lowest BCUT2D eigenvalue weighted by Crippen LogP contribution is -2.08. The second-order valence-electron chi connectivity index (χ2n) is 4.04. The Hall–Kier alpha value is -1.32. The summed E-state index contributed by atoms with van der Waals surface area (Å²) in [6.07, 6.45) is 2.72. The third-order valence-corrected chi connectivity index (χ3v) is 2.46. The second-order valence-corrected chi connectivity index (χ2v) is 4.04. The molecule has 1 aromatic rings. The summed E-state index contributed by atoms with van der Waals surface area (Å²) in [6, 6.07) is 1.97. The summed E-state index contributed by atoms with van der Waals surface area (Å²) < 4.78 is 0. The molecule has 2 N–H and O–H groups in total. The van der Waals surface area contributed by atoms with E-state index in [0.29, 0.717) is 0 Å². The fourth-order valence-corrected chi connectivity index (χ4v) is 1.50. The molecule has 0 unspecified atom stereocenters. The van der Waals surface area contributed by atoms with Crippen molar-refractivity contribution in [3.05, 3.63) is 11.9 Å². The Morgan fingerprint density at radius 2 is 1.93 bits per heavy atom. The Kier molecular flexibility index (Phi) is 3.04.